The highest BCUT2D eigenvalue weighted by Crippen LogP contribution is 2.37. The van der Waals surface area contributed by atoms with E-state index in [9.17, 15) is 35.9 Å². The third-order valence-corrected chi connectivity index (χ3v) is 3.92. The lowest BCUT2D eigenvalue weighted by Crippen LogP contribution is -2.37. The van der Waals surface area contributed by atoms with E-state index in [0.29, 0.717) is 11.0 Å². The Morgan fingerprint density at radius 3 is 2.11 bits per heavy atom. The first-order valence-electron chi connectivity index (χ1n) is 7.08. The highest BCUT2D eigenvalue weighted by molar-refractivity contribution is 8.00. The maximum atomic E-state index is 13.9. The molecule has 2 aromatic rings. The van der Waals surface area contributed by atoms with E-state index >= 15 is 0 Å². The molecule has 0 aliphatic rings. The van der Waals surface area contributed by atoms with E-state index in [1.807, 2.05) is 5.32 Å². The summed E-state index contributed by atoms with van der Waals surface area (Å²) in [7, 11) is 0.898. The van der Waals surface area contributed by atoms with E-state index in [-0.39, 0.29) is 0 Å². The van der Waals surface area contributed by atoms with Crippen LogP contribution in [0.5, 0.6) is 0 Å². The summed E-state index contributed by atoms with van der Waals surface area (Å²) in [5.74, 6) is -4.90. The quantitative estimate of drug-likeness (QED) is 0.573. The van der Waals surface area contributed by atoms with Crippen LogP contribution in [0.4, 0.5) is 36.8 Å². The number of carbonyl (C=O) groups is 2. The number of nitrogens with zero attached hydrogens (tertiary/aromatic N) is 1. The van der Waals surface area contributed by atoms with Crippen molar-refractivity contribution in [1.82, 2.24) is 4.90 Å². The molecule has 0 aromatic heterocycles. The summed E-state index contributed by atoms with van der Waals surface area (Å²) >= 11 is -0.546. The van der Waals surface area contributed by atoms with Gasteiger partial charge < -0.3 is 5.32 Å². The first kappa shape index (κ1) is 20.6. The van der Waals surface area contributed by atoms with Gasteiger partial charge in [-0.1, -0.05) is 6.07 Å². The Hall–Kier alpha value is -2.69. The van der Waals surface area contributed by atoms with Gasteiger partial charge in [0.05, 0.1) is 5.69 Å². The van der Waals surface area contributed by atoms with Gasteiger partial charge in [0, 0.05) is 11.9 Å². The van der Waals surface area contributed by atoms with Crippen LogP contribution in [0.2, 0.25) is 0 Å². The van der Waals surface area contributed by atoms with Crippen molar-refractivity contribution in [1.29, 1.82) is 0 Å². The number of amides is 3. The van der Waals surface area contributed by atoms with Crippen molar-refractivity contribution in [2.75, 3.05) is 12.4 Å². The third kappa shape index (κ3) is 5.16. The van der Waals surface area contributed by atoms with Crippen LogP contribution in [0, 0.1) is 17.5 Å². The maximum Gasteiger partial charge on any atom is 0.446 e. The molecule has 0 unspecified atom stereocenters. The Kier molecular flexibility index (Phi) is 6.04. The van der Waals surface area contributed by atoms with Gasteiger partial charge in [0.1, 0.15) is 23.0 Å². The van der Waals surface area contributed by atoms with Gasteiger partial charge in [-0.2, -0.15) is 13.2 Å². The average Bonchev–Trinajstić information content (AvgIpc) is 2.54. The van der Waals surface area contributed by atoms with Crippen LogP contribution in [0.15, 0.2) is 41.3 Å². The zero-order valence-electron chi connectivity index (χ0n) is 13.4. The van der Waals surface area contributed by atoms with Crippen LogP contribution in [0.25, 0.3) is 0 Å². The third-order valence-electron chi connectivity index (χ3n) is 3.20. The summed E-state index contributed by atoms with van der Waals surface area (Å²) in [6.07, 6.45) is 0. The molecule has 0 saturated heterocycles. The molecule has 11 heteroatoms. The molecular weight excluding hydrogens is 398 g/mol. The number of nitrogens with one attached hydrogen (secondary N) is 1. The van der Waals surface area contributed by atoms with Crippen molar-refractivity contribution in [3.63, 3.8) is 0 Å². The van der Waals surface area contributed by atoms with Gasteiger partial charge >= 0.3 is 11.5 Å². The Bertz CT molecular complexity index is 867. The number of benzene rings is 2. The van der Waals surface area contributed by atoms with E-state index in [1.54, 1.807) is 0 Å². The molecule has 0 fully saturated rings. The molecule has 4 nitrogen and oxygen atoms in total. The van der Waals surface area contributed by atoms with Gasteiger partial charge in [0.15, 0.2) is 0 Å². The van der Waals surface area contributed by atoms with Crippen molar-refractivity contribution in [2.24, 2.45) is 0 Å². The van der Waals surface area contributed by atoms with Crippen molar-refractivity contribution in [3.8, 4) is 0 Å². The lowest BCUT2D eigenvalue weighted by molar-refractivity contribution is -0.0328. The number of thioether (sulfide) groups is 1. The van der Waals surface area contributed by atoms with Crippen LogP contribution < -0.4 is 5.32 Å². The summed E-state index contributed by atoms with van der Waals surface area (Å²) in [5, 5.41) is 1.95. The van der Waals surface area contributed by atoms with Gasteiger partial charge in [0.2, 0.25) is 0 Å². The number of rotatable bonds is 3. The molecule has 0 saturated carbocycles. The number of hydrogen-bond acceptors (Lipinski definition) is 3. The van der Waals surface area contributed by atoms with E-state index in [0.717, 1.165) is 37.4 Å². The number of urea groups is 1. The molecule has 144 valence electrons. The maximum absolute atomic E-state index is 13.9. The number of halogens is 6. The molecule has 27 heavy (non-hydrogen) atoms. The summed E-state index contributed by atoms with van der Waals surface area (Å²) in [4.78, 5) is 23.9. The first-order chi connectivity index (χ1) is 12.5. The Morgan fingerprint density at radius 1 is 1.00 bits per heavy atom. The summed E-state index contributed by atoms with van der Waals surface area (Å²) in [6.45, 7) is 0. The molecule has 0 atom stereocenters. The van der Waals surface area contributed by atoms with Crippen LogP contribution in [-0.4, -0.2) is 29.4 Å². The van der Waals surface area contributed by atoms with Gasteiger partial charge in [-0.05, 0) is 42.1 Å². The van der Waals surface area contributed by atoms with E-state index in [4.69, 9.17) is 0 Å². The predicted molar refractivity (Wildman–Crippen MR) is 85.8 cm³/mol. The zero-order chi connectivity index (χ0) is 20.4. The molecular formula is C16H10F6N2O2S. The predicted octanol–water partition coefficient (Wildman–Crippen LogP) is 5.02. The molecule has 0 aliphatic carbocycles. The number of alkyl halides is 3. The SMILES string of the molecule is CN(C(=O)Nc1ccc(SC(F)(F)F)cc1F)C(=O)c1c(F)cccc1F. The van der Waals surface area contributed by atoms with Crippen molar-refractivity contribution in [3.05, 3.63) is 59.4 Å². The summed E-state index contributed by atoms with van der Waals surface area (Å²) < 4.78 is 77.9. The Morgan fingerprint density at radius 2 is 1.59 bits per heavy atom. The van der Waals surface area contributed by atoms with E-state index in [1.165, 1.54) is 0 Å². The smallest absolute Gasteiger partial charge is 0.305 e. The van der Waals surface area contributed by atoms with Crippen molar-refractivity contribution in [2.45, 2.75) is 10.4 Å². The highest BCUT2D eigenvalue weighted by atomic mass is 32.2. The van der Waals surface area contributed by atoms with Gasteiger partial charge in [0.25, 0.3) is 5.91 Å². The minimum absolute atomic E-state index is 0.305. The normalized spacial score (nSPS) is 11.2. The summed E-state index contributed by atoms with van der Waals surface area (Å²) in [6, 6.07) is 3.75. The monoisotopic (exact) mass is 408 g/mol. The van der Waals surface area contributed by atoms with Gasteiger partial charge in [-0.15, -0.1) is 0 Å². The molecule has 0 bridgehead atoms. The van der Waals surface area contributed by atoms with Crippen molar-refractivity contribution < 1.29 is 35.9 Å². The second-order valence-corrected chi connectivity index (χ2v) is 6.22. The molecule has 0 aliphatic heterocycles. The topological polar surface area (TPSA) is 49.4 Å². The molecule has 1 N–H and O–H groups in total. The zero-order valence-corrected chi connectivity index (χ0v) is 14.2. The molecule has 3 amide bonds. The largest absolute Gasteiger partial charge is 0.446 e. The molecule has 2 rings (SSSR count). The lowest BCUT2D eigenvalue weighted by atomic mass is 10.2. The van der Waals surface area contributed by atoms with Gasteiger partial charge in [-0.3, -0.25) is 9.69 Å². The molecule has 0 radical (unpaired) electrons. The van der Waals surface area contributed by atoms with Crippen molar-refractivity contribution >= 4 is 29.4 Å². The Labute approximate surface area is 153 Å². The summed E-state index contributed by atoms with van der Waals surface area (Å²) in [5.41, 5.74) is -6.11. The number of hydrogen-bond donors (Lipinski definition) is 1. The second kappa shape index (κ2) is 7.91. The number of anilines is 1. The molecule has 0 heterocycles. The lowest BCUT2D eigenvalue weighted by Gasteiger charge is -2.17. The van der Waals surface area contributed by atoms with Crippen LogP contribution in [0.1, 0.15) is 10.4 Å². The standard InChI is InChI=1S/C16H10F6N2O2S/c1-24(14(25)13-9(17)3-2-4-10(13)18)15(26)23-12-6-5-8(7-11(12)19)27-16(20,21)22/h2-7H,1H3,(H,23,26). The molecule has 2 aromatic carbocycles. The fourth-order valence-electron chi connectivity index (χ4n) is 1.96. The minimum Gasteiger partial charge on any atom is -0.305 e. The highest BCUT2D eigenvalue weighted by Gasteiger charge is 2.30. The molecule has 0 spiro atoms. The fourth-order valence-corrected chi connectivity index (χ4v) is 2.52. The van der Waals surface area contributed by atoms with E-state index < -0.39 is 62.8 Å². The van der Waals surface area contributed by atoms with Crippen LogP contribution >= 0.6 is 11.8 Å². The second-order valence-electron chi connectivity index (χ2n) is 5.08. The average molecular weight is 408 g/mol. The van der Waals surface area contributed by atoms with E-state index in [2.05, 4.69) is 0 Å². The fraction of sp³-hybridized carbons (Fsp3) is 0.125. The Balaban J connectivity index is 2.16. The van der Waals surface area contributed by atoms with Crippen LogP contribution in [-0.2, 0) is 0 Å². The number of imide groups is 1. The van der Waals surface area contributed by atoms with Gasteiger partial charge in [-0.25, -0.2) is 18.0 Å². The number of carbonyl (C=O) groups excluding carboxylic acids is 2. The first-order valence-corrected chi connectivity index (χ1v) is 7.89. The minimum atomic E-state index is -4.62. The van der Waals surface area contributed by atoms with Crippen LogP contribution in [0.3, 0.4) is 0 Å².